The van der Waals surface area contributed by atoms with E-state index in [-0.39, 0.29) is 10.6 Å². The van der Waals surface area contributed by atoms with E-state index in [0.29, 0.717) is 0 Å². The van der Waals surface area contributed by atoms with Gasteiger partial charge in [0.05, 0.1) is 0 Å². The molecule has 1 atom stereocenters. The maximum atomic E-state index is 6.66. The molecule has 1 unspecified atom stereocenters. The quantitative estimate of drug-likeness (QED) is 0.375. The van der Waals surface area contributed by atoms with E-state index in [0.717, 1.165) is 0 Å². The summed E-state index contributed by atoms with van der Waals surface area (Å²) >= 11 is 0. The highest BCUT2D eigenvalue weighted by Gasteiger charge is 2.44. The van der Waals surface area contributed by atoms with E-state index in [1.54, 1.807) is 0 Å². The molecule has 0 heterocycles. The molecular weight excluding hydrogens is 312 g/mol. The molecule has 0 aromatic carbocycles. The Morgan fingerprint density at radius 2 is 1.35 bits per heavy atom. The van der Waals surface area contributed by atoms with Gasteiger partial charge in [0.2, 0.25) is 0 Å². The Bertz CT molecular complexity index is 368. The molecule has 0 saturated carbocycles. The Balaban J connectivity index is 4.99. The summed E-state index contributed by atoms with van der Waals surface area (Å²) in [6, 6.07) is 3.83. The fourth-order valence-electron chi connectivity index (χ4n) is 3.13. The van der Waals surface area contributed by atoms with E-state index in [9.17, 15) is 0 Å². The van der Waals surface area contributed by atoms with Crippen LogP contribution in [-0.2, 0) is 4.43 Å². The molecule has 136 valence electrons. The van der Waals surface area contributed by atoms with Crippen LogP contribution in [0.25, 0.3) is 0 Å². The second kappa shape index (κ2) is 8.82. The fraction of sp³-hybridized carbons (Fsp3) is 0.800. The predicted octanol–water partition coefficient (Wildman–Crippen LogP) is 7.27. The maximum absolute atomic E-state index is 6.66. The van der Waals surface area contributed by atoms with E-state index in [1.165, 1.54) is 37.4 Å². The standard InChI is InChI=1S/C20H42OSi2/c1-11-14-17-23(12-2,13-3)18-15-16-22(10,20(7,8)9)21-19(4,5)6/h12-13H,2-3,11,14-18H2,1,4-10H3. The average Bonchev–Trinajstić information content (AvgIpc) is 2.40. The summed E-state index contributed by atoms with van der Waals surface area (Å²) in [6.45, 7) is 26.6. The van der Waals surface area contributed by atoms with Crippen LogP contribution in [-0.4, -0.2) is 22.0 Å². The van der Waals surface area contributed by atoms with Crippen LogP contribution in [0.2, 0.25) is 29.7 Å². The Morgan fingerprint density at radius 3 is 1.70 bits per heavy atom. The van der Waals surface area contributed by atoms with Gasteiger partial charge in [0.15, 0.2) is 8.32 Å². The summed E-state index contributed by atoms with van der Waals surface area (Å²) in [7, 11) is -3.28. The van der Waals surface area contributed by atoms with Crippen LogP contribution in [0.3, 0.4) is 0 Å². The van der Waals surface area contributed by atoms with Crippen molar-refractivity contribution >= 4 is 16.4 Å². The molecule has 0 rings (SSSR count). The highest BCUT2D eigenvalue weighted by Crippen LogP contribution is 2.43. The monoisotopic (exact) mass is 354 g/mol. The number of hydrogen-bond acceptors (Lipinski definition) is 1. The second-order valence-electron chi connectivity index (χ2n) is 9.29. The molecule has 0 aliphatic heterocycles. The third-order valence-electron chi connectivity index (χ3n) is 5.22. The van der Waals surface area contributed by atoms with E-state index >= 15 is 0 Å². The van der Waals surface area contributed by atoms with Gasteiger partial charge in [0.25, 0.3) is 0 Å². The molecule has 23 heavy (non-hydrogen) atoms. The molecular formula is C20H42OSi2. The van der Waals surface area contributed by atoms with Gasteiger partial charge in [-0.2, -0.15) is 0 Å². The molecule has 0 fully saturated rings. The third kappa shape index (κ3) is 7.53. The Labute approximate surface area is 148 Å². The summed E-state index contributed by atoms with van der Waals surface area (Å²) in [4.78, 5) is 0. The Hall–Kier alpha value is -0.126. The summed E-state index contributed by atoms with van der Waals surface area (Å²) in [5, 5.41) is 0.260. The molecule has 3 heteroatoms. The molecule has 0 spiro atoms. The van der Waals surface area contributed by atoms with Crippen LogP contribution in [0.4, 0.5) is 0 Å². The molecule has 0 N–H and O–H groups in total. The van der Waals surface area contributed by atoms with Crippen molar-refractivity contribution in [2.75, 3.05) is 0 Å². The zero-order chi connectivity index (χ0) is 18.4. The van der Waals surface area contributed by atoms with Gasteiger partial charge in [-0.3, -0.25) is 0 Å². The zero-order valence-corrected chi connectivity index (χ0v) is 19.2. The number of unbranched alkanes of at least 4 members (excludes halogenated alkanes) is 1. The summed E-state index contributed by atoms with van der Waals surface area (Å²) in [6.07, 6.45) is 3.82. The molecule has 0 aliphatic rings. The van der Waals surface area contributed by atoms with Crippen LogP contribution in [0.1, 0.15) is 67.7 Å². The summed E-state index contributed by atoms with van der Waals surface area (Å²) < 4.78 is 6.66. The van der Waals surface area contributed by atoms with Crippen LogP contribution < -0.4 is 0 Å². The highest BCUT2D eigenvalue weighted by molar-refractivity contribution is 6.89. The van der Waals surface area contributed by atoms with Crippen LogP contribution >= 0.6 is 0 Å². The maximum Gasteiger partial charge on any atom is 0.195 e. The van der Waals surface area contributed by atoms with Crippen LogP contribution in [0, 0.1) is 0 Å². The largest absolute Gasteiger partial charge is 0.412 e. The molecule has 0 aromatic rings. The average molecular weight is 355 g/mol. The van der Waals surface area contributed by atoms with Gasteiger partial charge >= 0.3 is 0 Å². The van der Waals surface area contributed by atoms with Crippen LogP contribution in [0.15, 0.2) is 24.6 Å². The van der Waals surface area contributed by atoms with E-state index in [1.807, 2.05) is 0 Å². The Morgan fingerprint density at radius 1 is 0.870 bits per heavy atom. The van der Waals surface area contributed by atoms with Crippen molar-refractivity contribution in [1.82, 2.24) is 0 Å². The topological polar surface area (TPSA) is 9.23 Å². The van der Waals surface area contributed by atoms with Crippen molar-refractivity contribution in [1.29, 1.82) is 0 Å². The first-order chi connectivity index (χ1) is 10.3. The summed E-state index contributed by atoms with van der Waals surface area (Å²) in [5.74, 6) is 0. The van der Waals surface area contributed by atoms with Gasteiger partial charge < -0.3 is 4.43 Å². The molecule has 0 aliphatic carbocycles. The second-order valence-corrected chi connectivity index (χ2v) is 18.2. The van der Waals surface area contributed by atoms with Crippen molar-refractivity contribution in [3.05, 3.63) is 24.6 Å². The molecule has 0 aromatic heterocycles. The number of rotatable bonds is 10. The van der Waals surface area contributed by atoms with Gasteiger partial charge in [-0.05, 0) is 38.4 Å². The van der Waals surface area contributed by atoms with E-state index < -0.39 is 16.4 Å². The first-order valence-corrected chi connectivity index (χ1v) is 14.5. The lowest BCUT2D eigenvalue weighted by Crippen LogP contribution is -2.49. The SMILES string of the molecule is C=C[Si](C=C)(CCCC)CCC[Si](C)(OC(C)(C)C)C(C)(C)C. The van der Waals surface area contributed by atoms with Crippen molar-refractivity contribution in [3.8, 4) is 0 Å². The lowest BCUT2D eigenvalue weighted by Gasteiger charge is -2.44. The van der Waals surface area contributed by atoms with E-state index in [2.05, 4.69) is 79.6 Å². The highest BCUT2D eigenvalue weighted by atomic mass is 28.4. The lowest BCUT2D eigenvalue weighted by atomic mass is 10.2. The van der Waals surface area contributed by atoms with Crippen molar-refractivity contribution < 1.29 is 4.43 Å². The van der Waals surface area contributed by atoms with Gasteiger partial charge in [-0.1, -0.05) is 70.4 Å². The predicted molar refractivity (Wildman–Crippen MR) is 112 cm³/mol. The number of hydrogen-bond donors (Lipinski definition) is 0. The van der Waals surface area contributed by atoms with E-state index in [4.69, 9.17) is 4.43 Å². The first kappa shape index (κ1) is 22.9. The van der Waals surface area contributed by atoms with Crippen molar-refractivity contribution in [2.24, 2.45) is 0 Å². The van der Waals surface area contributed by atoms with Crippen molar-refractivity contribution in [3.63, 3.8) is 0 Å². The minimum absolute atomic E-state index is 0.0537. The summed E-state index contributed by atoms with van der Waals surface area (Å²) in [5.41, 5.74) is 4.47. The molecule has 0 radical (unpaired) electrons. The minimum atomic E-state index is -1.79. The minimum Gasteiger partial charge on any atom is -0.412 e. The zero-order valence-electron chi connectivity index (χ0n) is 17.2. The van der Waals surface area contributed by atoms with Gasteiger partial charge in [0.1, 0.15) is 8.07 Å². The van der Waals surface area contributed by atoms with Crippen LogP contribution in [0.5, 0.6) is 0 Å². The van der Waals surface area contributed by atoms with Crippen molar-refractivity contribution in [2.45, 2.75) is 103 Å². The van der Waals surface area contributed by atoms with Gasteiger partial charge in [-0.25, -0.2) is 0 Å². The third-order valence-corrected chi connectivity index (χ3v) is 15.0. The van der Waals surface area contributed by atoms with Gasteiger partial charge in [0, 0.05) is 5.60 Å². The Kier molecular flexibility index (Phi) is 8.77. The first-order valence-electron chi connectivity index (χ1n) is 9.32. The molecule has 0 amide bonds. The molecule has 1 nitrogen and oxygen atoms in total. The molecule has 0 saturated heterocycles. The fourth-order valence-corrected chi connectivity index (χ4v) is 9.93. The lowest BCUT2D eigenvalue weighted by molar-refractivity contribution is 0.109. The normalized spacial score (nSPS) is 16.0. The molecule has 0 bridgehead atoms. The van der Waals surface area contributed by atoms with Gasteiger partial charge in [-0.15, -0.1) is 13.2 Å². The smallest absolute Gasteiger partial charge is 0.195 e.